The zero-order chi connectivity index (χ0) is 33.2. The van der Waals surface area contributed by atoms with Gasteiger partial charge in [0.05, 0.1) is 55.2 Å². The van der Waals surface area contributed by atoms with Crippen molar-refractivity contribution in [2.24, 2.45) is 0 Å². The first kappa shape index (κ1) is 32.6. The predicted molar refractivity (Wildman–Crippen MR) is 171 cm³/mol. The van der Waals surface area contributed by atoms with Crippen molar-refractivity contribution in [3.63, 3.8) is 0 Å². The van der Waals surface area contributed by atoms with Crippen LogP contribution in [-0.2, 0) is 19.3 Å². The summed E-state index contributed by atoms with van der Waals surface area (Å²) >= 11 is 18.7. The Bertz CT molecular complexity index is 2010. The number of hydrogen-bond donors (Lipinski definition) is 2. The van der Waals surface area contributed by atoms with Crippen molar-refractivity contribution >= 4 is 51.9 Å². The molecule has 0 spiro atoms. The molecule has 5 aromatic rings. The van der Waals surface area contributed by atoms with Crippen LogP contribution in [0, 0.1) is 18.3 Å². The van der Waals surface area contributed by atoms with Gasteiger partial charge < -0.3 is 10.6 Å². The fourth-order valence-corrected chi connectivity index (χ4v) is 5.06. The summed E-state index contributed by atoms with van der Waals surface area (Å²) in [6.45, 7) is 10.4. The highest BCUT2D eigenvalue weighted by molar-refractivity contribution is 6.42. The van der Waals surface area contributed by atoms with Gasteiger partial charge >= 0.3 is 6.18 Å². The SMILES string of the molecule is C=C(NCc1ccc(Cl)c(Cl)c1)c1cc(C#N)cc(C)c1NC(=C)c1cc(Cn2nnc(C(F)(F)F)n2)nn1-c1ccccc1Cl. The van der Waals surface area contributed by atoms with Crippen LogP contribution in [0.15, 0.2) is 73.8 Å². The summed E-state index contributed by atoms with van der Waals surface area (Å²) < 4.78 is 40.7. The maximum absolute atomic E-state index is 13.1. The highest BCUT2D eigenvalue weighted by atomic mass is 35.5. The van der Waals surface area contributed by atoms with Gasteiger partial charge in [0.15, 0.2) is 0 Å². The number of nitriles is 1. The fraction of sp³-hybridized carbons (Fsp3) is 0.129. The Morgan fingerprint density at radius 3 is 2.39 bits per heavy atom. The standard InChI is InChI=1S/C31H23Cl3F3N9/c1-17-10-21(14-38)11-23(18(2)39-15-20-8-9-24(32)26(34)12-20)29(17)40-19(3)28-13-22(16-45-43-30(41-44-45)31(35,36)37)42-46(28)27-7-5-4-6-25(27)33/h4-13,39-40H,2-3,15-16H2,1H3. The number of hydrogen-bond acceptors (Lipinski definition) is 7. The Morgan fingerprint density at radius 2 is 1.72 bits per heavy atom. The van der Waals surface area contributed by atoms with Gasteiger partial charge in [0.2, 0.25) is 0 Å². The van der Waals surface area contributed by atoms with Gasteiger partial charge in [0.25, 0.3) is 5.82 Å². The molecular formula is C31H23Cl3F3N9. The minimum atomic E-state index is -4.74. The van der Waals surface area contributed by atoms with Gasteiger partial charge in [-0.15, -0.1) is 10.2 Å². The fourth-order valence-electron chi connectivity index (χ4n) is 4.52. The second-order valence-corrected chi connectivity index (χ2v) is 11.3. The molecule has 0 saturated carbocycles. The molecule has 0 aliphatic carbocycles. The molecule has 0 unspecified atom stereocenters. The van der Waals surface area contributed by atoms with E-state index >= 15 is 0 Å². The number of halogens is 6. The van der Waals surface area contributed by atoms with E-state index in [1.165, 1.54) is 4.68 Å². The van der Waals surface area contributed by atoms with Crippen LogP contribution in [0.3, 0.4) is 0 Å². The Kier molecular flexibility index (Phi) is 9.39. The number of benzene rings is 3. The lowest BCUT2D eigenvalue weighted by Gasteiger charge is -2.20. The molecule has 0 amide bonds. The van der Waals surface area contributed by atoms with Crippen molar-refractivity contribution in [1.82, 2.24) is 35.3 Å². The molecule has 0 radical (unpaired) electrons. The summed E-state index contributed by atoms with van der Waals surface area (Å²) in [5.41, 5.74) is 5.36. The van der Waals surface area contributed by atoms with E-state index in [4.69, 9.17) is 34.8 Å². The zero-order valence-electron chi connectivity index (χ0n) is 24.0. The van der Waals surface area contributed by atoms with Gasteiger partial charge in [0, 0.05) is 17.8 Å². The first-order chi connectivity index (χ1) is 21.8. The van der Waals surface area contributed by atoms with E-state index in [1.54, 1.807) is 54.6 Å². The van der Waals surface area contributed by atoms with Crippen LogP contribution in [0.1, 0.15) is 39.5 Å². The summed E-state index contributed by atoms with van der Waals surface area (Å²) in [5, 5.41) is 32.1. The van der Waals surface area contributed by atoms with Crippen LogP contribution in [0.4, 0.5) is 18.9 Å². The third-order valence-electron chi connectivity index (χ3n) is 6.72. The van der Waals surface area contributed by atoms with Crippen LogP contribution in [0.5, 0.6) is 0 Å². The number of anilines is 1. The number of nitrogens with zero attached hydrogens (tertiary/aromatic N) is 7. The highest BCUT2D eigenvalue weighted by Crippen LogP contribution is 2.32. The monoisotopic (exact) mass is 683 g/mol. The van der Waals surface area contributed by atoms with E-state index < -0.39 is 12.0 Å². The first-order valence-corrected chi connectivity index (χ1v) is 14.5. The summed E-state index contributed by atoms with van der Waals surface area (Å²) in [7, 11) is 0. The van der Waals surface area contributed by atoms with E-state index in [-0.39, 0.29) is 6.54 Å². The van der Waals surface area contributed by atoms with Crippen LogP contribution >= 0.6 is 34.8 Å². The number of alkyl halides is 3. The lowest BCUT2D eigenvalue weighted by Crippen LogP contribution is -2.14. The van der Waals surface area contributed by atoms with Crippen molar-refractivity contribution < 1.29 is 13.2 Å². The molecule has 0 saturated heterocycles. The molecule has 5 rings (SSSR count). The third kappa shape index (κ3) is 7.18. The molecule has 2 N–H and O–H groups in total. The lowest BCUT2D eigenvalue weighted by molar-refractivity contribution is -0.145. The number of nitrogens with one attached hydrogen (secondary N) is 2. The Balaban J connectivity index is 1.48. The quantitative estimate of drug-likeness (QED) is 0.154. The van der Waals surface area contributed by atoms with E-state index in [0.29, 0.717) is 66.9 Å². The minimum Gasteiger partial charge on any atom is -0.381 e. The molecule has 46 heavy (non-hydrogen) atoms. The van der Waals surface area contributed by atoms with E-state index in [2.05, 4.69) is 50.4 Å². The van der Waals surface area contributed by atoms with Gasteiger partial charge in [-0.25, -0.2) is 4.68 Å². The molecule has 0 aliphatic heterocycles. The smallest absolute Gasteiger partial charge is 0.381 e. The predicted octanol–water partition coefficient (Wildman–Crippen LogP) is 7.91. The molecule has 2 heterocycles. The Hall–Kier alpha value is -4.83. The molecule has 0 bridgehead atoms. The Labute approximate surface area is 276 Å². The van der Waals surface area contributed by atoms with Gasteiger partial charge in [-0.3, -0.25) is 0 Å². The zero-order valence-corrected chi connectivity index (χ0v) is 26.3. The maximum Gasteiger partial charge on any atom is 0.455 e. The largest absolute Gasteiger partial charge is 0.455 e. The number of para-hydroxylation sites is 1. The topological polar surface area (TPSA) is 109 Å². The minimum absolute atomic E-state index is 0.211. The van der Waals surface area contributed by atoms with Crippen LogP contribution in [-0.4, -0.2) is 30.0 Å². The maximum atomic E-state index is 13.1. The summed E-state index contributed by atoms with van der Waals surface area (Å²) in [6.07, 6.45) is -4.74. The molecule has 0 atom stereocenters. The van der Waals surface area contributed by atoms with Crippen molar-refractivity contribution in [2.75, 3.05) is 5.32 Å². The molecule has 2 aromatic heterocycles. The molecule has 3 aromatic carbocycles. The molecule has 0 aliphatic rings. The van der Waals surface area contributed by atoms with Gasteiger partial charge in [-0.2, -0.15) is 28.3 Å². The van der Waals surface area contributed by atoms with E-state index in [0.717, 1.165) is 15.9 Å². The third-order valence-corrected chi connectivity index (χ3v) is 7.77. The normalized spacial score (nSPS) is 11.3. The van der Waals surface area contributed by atoms with Crippen LogP contribution in [0.25, 0.3) is 17.1 Å². The average molecular weight is 685 g/mol. The molecule has 0 fully saturated rings. The van der Waals surface area contributed by atoms with Crippen molar-refractivity contribution in [3.05, 3.63) is 128 Å². The number of aromatic nitrogens is 6. The molecule has 15 heteroatoms. The van der Waals surface area contributed by atoms with Crippen molar-refractivity contribution in [1.29, 1.82) is 5.26 Å². The second-order valence-electron chi connectivity index (χ2n) is 10.0. The number of tetrazole rings is 1. The molecule has 234 valence electrons. The van der Waals surface area contributed by atoms with E-state index in [1.807, 2.05) is 13.0 Å². The summed E-state index contributed by atoms with van der Waals surface area (Å²) in [5.74, 6) is -1.36. The number of aryl methyl sites for hydroxylation is 1. The van der Waals surface area contributed by atoms with Gasteiger partial charge in [-0.1, -0.05) is 66.2 Å². The van der Waals surface area contributed by atoms with Crippen LogP contribution < -0.4 is 10.6 Å². The summed E-state index contributed by atoms with van der Waals surface area (Å²) in [6, 6.07) is 19.4. The van der Waals surface area contributed by atoms with Gasteiger partial charge in [-0.05, 0) is 65.7 Å². The summed E-state index contributed by atoms with van der Waals surface area (Å²) in [4.78, 5) is 0.800. The Morgan fingerprint density at radius 1 is 0.957 bits per heavy atom. The van der Waals surface area contributed by atoms with Crippen molar-refractivity contribution in [2.45, 2.75) is 26.2 Å². The first-order valence-electron chi connectivity index (χ1n) is 13.4. The van der Waals surface area contributed by atoms with Crippen molar-refractivity contribution in [3.8, 4) is 11.8 Å². The molecular weight excluding hydrogens is 662 g/mol. The van der Waals surface area contributed by atoms with Crippen LogP contribution in [0.2, 0.25) is 15.1 Å². The average Bonchev–Trinajstić information content (AvgIpc) is 3.66. The number of rotatable bonds is 10. The lowest BCUT2D eigenvalue weighted by atomic mass is 10.0. The second kappa shape index (κ2) is 13.3. The molecule has 9 nitrogen and oxygen atoms in total. The van der Waals surface area contributed by atoms with E-state index in [9.17, 15) is 18.4 Å². The highest BCUT2D eigenvalue weighted by Gasteiger charge is 2.36. The van der Waals surface area contributed by atoms with Gasteiger partial charge in [0.1, 0.15) is 6.54 Å².